The lowest BCUT2D eigenvalue weighted by atomic mass is 10.3. The van der Waals surface area contributed by atoms with Crippen LogP contribution in [0.2, 0.25) is 0 Å². The minimum absolute atomic E-state index is 0.207. The van der Waals surface area contributed by atoms with Gasteiger partial charge in [-0.15, -0.1) is 0 Å². The van der Waals surface area contributed by atoms with Gasteiger partial charge in [0.1, 0.15) is 0 Å². The molecule has 0 aromatic carbocycles. The van der Waals surface area contributed by atoms with Crippen LogP contribution in [0.25, 0.3) is 0 Å². The van der Waals surface area contributed by atoms with Crippen LogP contribution in [-0.4, -0.2) is 48.8 Å². The highest BCUT2D eigenvalue weighted by atomic mass is 79.9. The predicted octanol–water partition coefficient (Wildman–Crippen LogP) is 1.28. The molecule has 0 aliphatic carbocycles. The van der Waals surface area contributed by atoms with Crippen molar-refractivity contribution in [1.29, 1.82) is 0 Å². The van der Waals surface area contributed by atoms with Crippen LogP contribution in [-0.2, 0) is 9.84 Å². The van der Waals surface area contributed by atoms with Crippen molar-refractivity contribution < 1.29 is 8.42 Å². The summed E-state index contributed by atoms with van der Waals surface area (Å²) in [6, 6.07) is 0. The quantitative estimate of drug-likeness (QED) is 0.733. The lowest BCUT2D eigenvalue weighted by molar-refractivity contribution is 0.262. The van der Waals surface area contributed by atoms with E-state index in [1.54, 1.807) is 0 Å². The molecule has 2 unspecified atom stereocenters. The van der Waals surface area contributed by atoms with Gasteiger partial charge in [0.2, 0.25) is 0 Å². The van der Waals surface area contributed by atoms with Crippen molar-refractivity contribution in [2.45, 2.75) is 30.8 Å². The van der Waals surface area contributed by atoms with Gasteiger partial charge in [-0.3, -0.25) is 0 Å². The van der Waals surface area contributed by atoms with Crippen molar-refractivity contribution in [2.24, 2.45) is 0 Å². The number of sulfone groups is 1. The summed E-state index contributed by atoms with van der Waals surface area (Å²) in [4.78, 5) is 2.25. The summed E-state index contributed by atoms with van der Waals surface area (Å²) in [7, 11) is -2.85. The van der Waals surface area contributed by atoms with Crippen molar-refractivity contribution in [3.05, 3.63) is 0 Å². The fourth-order valence-electron chi connectivity index (χ4n) is 1.87. The smallest absolute Gasteiger partial charge is 0.157 e. The van der Waals surface area contributed by atoms with Crippen LogP contribution >= 0.6 is 15.9 Å². The molecule has 1 aliphatic heterocycles. The zero-order valence-corrected chi connectivity index (χ0v) is 11.1. The van der Waals surface area contributed by atoms with Crippen LogP contribution in [0.1, 0.15) is 20.3 Å². The maximum atomic E-state index is 11.7. The molecule has 14 heavy (non-hydrogen) atoms. The molecule has 1 heterocycles. The van der Waals surface area contributed by atoms with Gasteiger partial charge in [0.15, 0.2) is 9.84 Å². The van der Waals surface area contributed by atoms with E-state index in [9.17, 15) is 8.42 Å². The van der Waals surface area contributed by atoms with Gasteiger partial charge in [-0.2, -0.15) is 0 Å². The van der Waals surface area contributed by atoms with E-state index in [4.69, 9.17) is 0 Å². The highest BCUT2D eigenvalue weighted by molar-refractivity contribution is 9.09. The molecule has 1 saturated heterocycles. The fraction of sp³-hybridized carbons (Fsp3) is 1.00. The third-order valence-corrected chi connectivity index (χ3v) is 5.86. The molecule has 2 atom stereocenters. The largest absolute Gasteiger partial charge is 0.301 e. The molecule has 0 spiro atoms. The summed E-state index contributed by atoms with van der Waals surface area (Å²) in [5.74, 6) is 0. The summed E-state index contributed by atoms with van der Waals surface area (Å²) in [5.41, 5.74) is 0. The average Bonchev–Trinajstić information content (AvgIpc) is 2.11. The molecule has 1 fully saturated rings. The second kappa shape index (κ2) is 4.94. The Labute approximate surface area is 94.9 Å². The Bertz CT molecular complexity index is 261. The Morgan fingerprint density at radius 3 is 2.21 bits per heavy atom. The first-order valence-corrected chi connectivity index (χ1v) is 7.72. The molecule has 5 heteroatoms. The maximum Gasteiger partial charge on any atom is 0.157 e. The second-order valence-electron chi connectivity index (χ2n) is 4.01. The van der Waals surface area contributed by atoms with E-state index in [1.807, 2.05) is 13.8 Å². The molecule has 0 aromatic rings. The van der Waals surface area contributed by atoms with E-state index >= 15 is 0 Å². The topological polar surface area (TPSA) is 37.4 Å². The standard InChI is InChI=1S/C9H18BrNO2S/c1-8-6-11(5-3-4-10)7-9(2)14(8,12)13/h8-9H,3-7H2,1-2H3. The van der Waals surface area contributed by atoms with E-state index in [0.29, 0.717) is 13.1 Å². The molecule has 3 nitrogen and oxygen atoms in total. The SMILES string of the molecule is CC1CN(CCCBr)CC(C)S1(=O)=O. The van der Waals surface area contributed by atoms with E-state index in [-0.39, 0.29) is 10.5 Å². The summed E-state index contributed by atoms with van der Waals surface area (Å²) in [6.07, 6.45) is 1.08. The highest BCUT2D eigenvalue weighted by Crippen LogP contribution is 2.18. The van der Waals surface area contributed by atoms with Crippen molar-refractivity contribution >= 4 is 25.8 Å². The third-order valence-electron chi connectivity index (χ3n) is 2.76. The van der Waals surface area contributed by atoms with E-state index in [1.165, 1.54) is 0 Å². The minimum Gasteiger partial charge on any atom is -0.301 e. The molecule has 0 N–H and O–H groups in total. The number of rotatable bonds is 3. The summed E-state index contributed by atoms with van der Waals surface area (Å²) in [6.45, 7) is 6.01. The average molecular weight is 284 g/mol. The molecular weight excluding hydrogens is 266 g/mol. The number of nitrogens with zero attached hydrogens (tertiary/aromatic N) is 1. The van der Waals surface area contributed by atoms with Gasteiger partial charge >= 0.3 is 0 Å². The molecule has 1 rings (SSSR count). The van der Waals surface area contributed by atoms with Crippen molar-refractivity contribution in [1.82, 2.24) is 4.90 Å². The van der Waals surface area contributed by atoms with Gasteiger partial charge in [-0.25, -0.2) is 8.42 Å². The van der Waals surface area contributed by atoms with Crippen LogP contribution in [0.4, 0.5) is 0 Å². The molecule has 0 aromatic heterocycles. The van der Waals surface area contributed by atoms with Crippen LogP contribution in [0.5, 0.6) is 0 Å². The first kappa shape index (κ1) is 12.5. The van der Waals surface area contributed by atoms with Crippen LogP contribution in [0, 0.1) is 0 Å². The molecule has 0 saturated carbocycles. The van der Waals surface area contributed by atoms with Crippen molar-refractivity contribution in [3.8, 4) is 0 Å². The van der Waals surface area contributed by atoms with Gasteiger partial charge in [0.25, 0.3) is 0 Å². The number of halogens is 1. The van der Waals surface area contributed by atoms with Crippen molar-refractivity contribution in [2.75, 3.05) is 25.0 Å². The van der Waals surface area contributed by atoms with Crippen LogP contribution in [0.3, 0.4) is 0 Å². The normalized spacial score (nSPS) is 33.1. The highest BCUT2D eigenvalue weighted by Gasteiger charge is 2.35. The fourth-order valence-corrected chi connectivity index (χ4v) is 3.75. The second-order valence-corrected chi connectivity index (χ2v) is 7.59. The van der Waals surface area contributed by atoms with Gasteiger partial charge in [-0.05, 0) is 26.8 Å². The van der Waals surface area contributed by atoms with Crippen molar-refractivity contribution in [3.63, 3.8) is 0 Å². The molecule has 1 aliphatic rings. The monoisotopic (exact) mass is 283 g/mol. The lowest BCUT2D eigenvalue weighted by Gasteiger charge is -2.34. The molecule has 84 valence electrons. The first-order chi connectivity index (χ1) is 6.48. The predicted molar refractivity (Wildman–Crippen MR) is 62.7 cm³/mol. The number of hydrogen-bond acceptors (Lipinski definition) is 3. The summed E-state index contributed by atoms with van der Waals surface area (Å²) >= 11 is 3.38. The molecule has 0 radical (unpaired) electrons. The summed E-state index contributed by atoms with van der Waals surface area (Å²) < 4.78 is 23.4. The maximum absolute atomic E-state index is 11.7. The Balaban J connectivity index is 2.57. The third kappa shape index (κ3) is 2.70. The van der Waals surface area contributed by atoms with Gasteiger partial charge < -0.3 is 4.90 Å². The van der Waals surface area contributed by atoms with Gasteiger partial charge in [-0.1, -0.05) is 15.9 Å². The minimum atomic E-state index is -2.85. The van der Waals surface area contributed by atoms with E-state index in [2.05, 4.69) is 20.8 Å². The Morgan fingerprint density at radius 1 is 1.29 bits per heavy atom. The lowest BCUT2D eigenvalue weighted by Crippen LogP contribution is -2.50. The zero-order valence-electron chi connectivity index (χ0n) is 8.74. The zero-order chi connectivity index (χ0) is 10.8. The number of hydrogen-bond donors (Lipinski definition) is 0. The molecule has 0 bridgehead atoms. The Hall–Kier alpha value is 0.390. The summed E-state index contributed by atoms with van der Waals surface area (Å²) in [5, 5.41) is 0.571. The van der Waals surface area contributed by atoms with Gasteiger partial charge in [0, 0.05) is 18.4 Å². The van der Waals surface area contributed by atoms with Crippen LogP contribution < -0.4 is 0 Å². The Morgan fingerprint density at radius 2 is 1.79 bits per heavy atom. The molecular formula is C9H18BrNO2S. The Kier molecular flexibility index (Phi) is 4.40. The number of alkyl halides is 1. The van der Waals surface area contributed by atoms with Gasteiger partial charge in [0.05, 0.1) is 10.5 Å². The van der Waals surface area contributed by atoms with Crippen LogP contribution in [0.15, 0.2) is 0 Å². The molecule has 0 amide bonds. The van der Waals surface area contributed by atoms with E-state index < -0.39 is 9.84 Å². The van der Waals surface area contributed by atoms with E-state index in [0.717, 1.165) is 18.3 Å². The first-order valence-electron chi connectivity index (χ1n) is 4.99.